The van der Waals surface area contributed by atoms with Crippen molar-refractivity contribution in [3.8, 4) is 0 Å². The first-order valence-electron chi connectivity index (χ1n) is 6.52. The van der Waals surface area contributed by atoms with Gasteiger partial charge in [-0.25, -0.2) is 0 Å². The summed E-state index contributed by atoms with van der Waals surface area (Å²) in [5.41, 5.74) is 0.886. The minimum Gasteiger partial charge on any atom is -0.337 e. The lowest BCUT2D eigenvalue weighted by Gasteiger charge is -2.17. The molecule has 2 rings (SSSR count). The quantitative estimate of drug-likeness (QED) is 0.884. The summed E-state index contributed by atoms with van der Waals surface area (Å²) < 4.78 is 5.16. The number of H-pyrrole nitrogens is 1. The summed E-state index contributed by atoms with van der Waals surface area (Å²) in [5, 5.41) is 14.0. The average molecular weight is 278 g/mol. The van der Waals surface area contributed by atoms with Gasteiger partial charge in [-0.2, -0.15) is 20.4 Å². The van der Waals surface area contributed by atoms with E-state index in [9.17, 15) is 4.79 Å². The Labute approximate surface area is 116 Å². The number of amides is 1. The summed E-state index contributed by atoms with van der Waals surface area (Å²) in [7, 11) is 0. The minimum absolute atomic E-state index is 0.191. The number of nitrogens with zero attached hydrogens (tertiary/aromatic N) is 5. The van der Waals surface area contributed by atoms with Gasteiger partial charge >= 0.3 is 0 Å². The number of aromatic amines is 1. The van der Waals surface area contributed by atoms with Gasteiger partial charge in [-0.05, 0) is 13.8 Å². The second-order valence-corrected chi connectivity index (χ2v) is 4.78. The molecule has 0 atom stereocenters. The first kappa shape index (κ1) is 14.2. The van der Waals surface area contributed by atoms with Crippen LogP contribution in [0.5, 0.6) is 0 Å². The maximum atomic E-state index is 12.3. The Hall–Kier alpha value is -2.25. The molecule has 0 saturated heterocycles. The van der Waals surface area contributed by atoms with Gasteiger partial charge in [0.25, 0.3) is 5.91 Å². The first-order chi connectivity index (χ1) is 9.52. The van der Waals surface area contributed by atoms with Gasteiger partial charge < -0.3 is 9.42 Å². The molecular weight excluding hydrogens is 260 g/mol. The Balaban J connectivity index is 2.12. The summed E-state index contributed by atoms with van der Waals surface area (Å²) in [6, 6.07) is 0. The zero-order chi connectivity index (χ0) is 14.7. The van der Waals surface area contributed by atoms with Crippen molar-refractivity contribution in [3.05, 3.63) is 23.1 Å². The summed E-state index contributed by atoms with van der Waals surface area (Å²) >= 11 is 0. The number of carbonyl (C=O) groups excluding carboxylic acids is 1. The molecule has 2 aromatic heterocycles. The molecule has 8 heteroatoms. The fraction of sp³-hybridized carbons (Fsp3) is 0.583. The van der Waals surface area contributed by atoms with Crippen molar-refractivity contribution in [2.75, 3.05) is 6.54 Å². The second-order valence-electron chi connectivity index (χ2n) is 4.78. The van der Waals surface area contributed by atoms with Crippen LogP contribution < -0.4 is 0 Å². The van der Waals surface area contributed by atoms with Crippen LogP contribution >= 0.6 is 0 Å². The molecule has 0 bridgehead atoms. The van der Waals surface area contributed by atoms with Gasteiger partial charge in [-0.15, -0.1) is 0 Å². The number of rotatable bonds is 5. The topological polar surface area (TPSA) is 101 Å². The van der Waals surface area contributed by atoms with Crippen LogP contribution in [0.25, 0.3) is 0 Å². The highest BCUT2D eigenvalue weighted by atomic mass is 16.5. The van der Waals surface area contributed by atoms with Crippen LogP contribution in [0.2, 0.25) is 0 Å². The van der Waals surface area contributed by atoms with Crippen LogP contribution in [-0.2, 0) is 6.54 Å². The van der Waals surface area contributed by atoms with Gasteiger partial charge in [0.05, 0.1) is 5.69 Å². The van der Waals surface area contributed by atoms with E-state index in [4.69, 9.17) is 4.52 Å². The van der Waals surface area contributed by atoms with Crippen molar-refractivity contribution in [3.63, 3.8) is 0 Å². The van der Waals surface area contributed by atoms with Crippen molar-refractivity contribution < 1.29 is 9.32 Å². The molecule has 0 unspecified atom stereocenters. The fourth-order valence-corrected chi connectivity index (χ4v) is 1.69. The van der Waals surface area contributed by atoms with E-state index in [1.165, 1.54) is 0 Å². The molecule has 1 amide bonds. The molecule has 2 aromatic rings. The lowest BCUT2D eigenvalue weighted by atomic mass is 10.2. The number of hydrogen-bond donors (Lipinski definition) is 1. The SMILES string of the molecule is CCN(Cc1nc(C(C)C)no1)C(=O)c1n[nH]nc1C. The predicted octanol–water partition coefficient (Wildman–Crippen LogP) is 1.28. The summed E-state index contributed by atoms with van der Waals surface area (Å²) in [4.78, 5) is 18.2. The van der Waals surface area contributed by atoms with Crippen molar-refractivity contribution in [2.24, 2.45) is 0 Å². The lowest BCUT2D eigenvalue weighted by Crippen LogP contribution is -2.31. The molecule has 0 fully saturated rings. The molecule has 0 aliphatic rings. The molecule has 0 aromatic carbocycles. The van der Waals surface area contributed by atoms with Gasteiger partial charge in [0, 0.05) is 12.5 Å². The van der Waals surface area contributed by atoms with Gasteiger partial charge in [0.15, 0.2) is 11.5 Å². The first-order valence-corrected chi connectivity index (χ1v) is 6.52. The number of aryl methyl sites for hydroxylation is 1. The molecule has 0 aliphatic carbocycles. The number of hydrogen-bond acceptors (Lipinski definition) is 6. The third-order valence-corrected chi connectivity index (χ3v) is 2.92. The van der Waals surface area contributed by atoms with Gasteiger partial charge in [-0.3, -0.25) is 4.79 Å². The van der Waals surface area contributed by atoms with E-state index in [2.05, 4.69) is 25.6 Å². The fourth-order valence-electron chi connectivity index (χ4n) is 1.69. The molecule has 0 spiro atoms. The second kappa shape index (κ2) is 5.81. The highest BCUT2D eigenvalue weighted by molar-refractivity contribution is 5.93. The molecule has 0 saturated carbocycles. The third-order valence-electron chi connectivity index (χ3n) is 2.92. The number of aromatic nitrogens is 5. The maximum absolute atomic E-state index is 12.3. The van der Waals surface area contributed by atoms with E-state index in [-0.39, 0.29) is 18.4 Å². The van der Waals surface area contributed by atoms with E-state index in [1.54, 1.807) is 11.8 Å². The van der Waals surface area contributed by atoms with E-state index in [1.807, 2.05) is 20.8 Å². The van der Waals surface area contributed by atoms with Crippen molar-refractivity contribution in [1.82, 2.24) is 30.5 Å². The van der Waals surface area contributed by atoms with Gasteiger partial charge in [-0.1, -0.05) is 19.0 Å². The molecular formula is C12H18N6O2. The van der Waals surface area contributed by atoms with Crippen LogP contribution in [0, 0.1) is 6.92 Å². The van der Waals surface area contributed by atoms with Crippen LogP contribution in [-0.4, -0.2) is 42.9 Å². The van der Waals surface area contributed by atoms with Crippen LogP contribution in [0.1, 0.15) is 54.6 Å². The van der Waals surface area contributed by atoms with Crippen molar-refractivity contribution >= 4 is 5.91 Å². The number of carbonyl (C=O) groups is 1. The highest BCUT2D eigenvalue weighted by Gasteiger charge is 2.22. The Morgan fingerprint density at radius 1 is 1.40 bits per heavy atom. The van der Waals surface area contributed by atoms with Crippen molar-refractivity contribution in [1.29, 1.82) is 0 Å². The summed E-state index contributed by atoms with van der Waals surface area (Å²) in [5.74, 6) is 1.05. The van der Waals surface area contributed by atoms with E-state index >= 15 is 0 Å². The zero-order valence-corrected chi connectivity index (χ0v) is 12.0. The predicted molar refractivity (Wildman–Crippen MR) is 69.9 cm³/mol. The third kappa shape index (κ3) is 2.84. The van der Waals surface area contributed by atoms with Crippen LogP contribution in [0.15, 0.2) is 4.52 Å². The molecule has 20 heavy (non-hydrogen) atoms. The van der Waals surface area contributed by atoms with Crippen molar-refractivity contribution in [2.45, 2.75) is 40.2 Å². The normalized spacial score (nSPS) is 11.1. The molecule has 8 nitrogen and oxygen atoms in total. The Kier molecular flexibility index (Phi) is 4.11. The molecule has 108 valence electrons. The lowest BCUT2D eigenvalue weighted by molar-refractivity contribution is 0.0727. The average Bonchev–Trinajstić information content (AvgIpc) is 3.04. The van der Waals surface area contributed by atoms with Crippen LogP contribution in [0.4, 0.5) is 0 Å². The smallest absolute Gasteiger partial charge is 0.276 e. The minimum atomic E-state index is -0.206. The summed E-state index contributed by atoms with van der Waals surface area (Å²) in [6.45, 7) is 8.36. The van der Waals surface area contributed by atoms with E-state index in [0.29, 0.717) is 29.6 Å². The Morgan fingerprint density at radius 2 is 2.15 bits per heavy atom. The zero-order valence-electron chi connectivity index (χ0n) is 12.0. The van der Waals surface area contributed by atoms with Crippen LogP contribution in [0.3, 0.4) is 0 Å². The van der Waals surface area contributed by atoms with E-state index in [0.717, 1.165) is 0 Å². The largest absolute Gasteiger partial charge is 0.337 e. The molecule has 1 N–H and O–H groups in total. The number of nitrogens with one attached hydrogen (secondary N) is 1. The Morgan fingerprint density at radius 3 is 2.65 bits per heavy atom. The van der Waals surface area contributed by atoms with Gasteiger partial charge in [0.2, 0.25) is 5.89 Å². The highest BCUT2D eigenvalue weighted by Crippen LogP contribution is 2.12. The summed E-state index contributed by atoms with van der Waals surface area (Å²) in [6.07, 6.45) is 0. The van der Waals surface area contributed by atoms with Gasteiger partial charge in [0.1, 0.15) is 6.54 Å². The molecule has 2 heterocycles. The maximum Gasteiger partial charge on any atom is 0.276 e. The monoisotopic (exact) mass is 278 g/mol. The van der Waals surface area contributed by atoms with E-state index < -0.39 is 0 Å². The standard InChI is InChI=1S/C12H18N6O2/c1-5-18(12(19)10-8(4)14-17-15-10)6-9-13-11(7(2)3)16-20-9/h7H,5-6H2,1-4H3,(H,14,15,17). The molecule has 0 radical (unpaired) electrons. The Bertz CT molecular complexity index is 588. The molecule has 0 aliphatic heterocycles.